The number of benzene rings is 1. The molecule has 25 heavy (non-hydrogen) atoms. The van der Waals surface area contributed by atoms with Crippen LogP contribution >= 0.6 is 22.9 Å². The molecule has 2 rings (SSSR count). The molecule has 2 unspecified atom stereocenters. The van der Waals surface area contributed by atoms with E-state index in [4.69, 9.17) is 22.1 Å². The molecule has 7 heteroatoms. The number of rotatable bonds is 8. The molecule has 2 aromatic rings. The Morgan fingerprint density at radius 3 is 2.48 bits per heavy atom. The van der Waals surface area contributed by atoms with Crippen molar-refractivity contribution < 1.29 is 19.4 Å². The number of hydrogen-bond acceptors (Lipinski definition) is 5. The van der Waals surface area contributed by atoms with Crippen LogP contribution < -0.4 is 10.5 Å². The summed E-state index contributed by atoms with van der Waals surface area (Å²) < 4.78 is 5.63. The highest BCUT2D eigenvalue weighted by Crippen LogP contribution is 2.33. The van der Waals surface area contributed by atoms with Gasteiger partial charge in [-0.15, -0.1) is 11.3 Å². The highest BCUT2D eigenvalue weighted by molar-refractivity contribution is 7.18. The van der Waals surface area contributed by atoms with E-state index in [1.807, 2.05) is 19.1 Å². The van der Waals surface area contributed by atoms with E-state index in [1.165, 1.54) is 7.11 Å². The van der Waals surface area contributed by atoms with E-state index in [2.05, 4.69) is 0 Å². The number of thiophene rings is 1. The number of ketones is 1. The number of halogens is 1. The molecule has 0 spiro atoms. The summed E-state index contributed by atoms with van der Waals surface area (Å²) in [5.41, 5.74) is 7.66. The Kier molecular flexibility index (Phi) is 6.58. The van der Waals surface area contributed by atoms with Crippen molar-refractivity contribution in [3.8, 4) is 5.75 Å². The molecular weight excluding hydrogens is 362 g/mol. The number of methoxy groups -OCH3 is 1. The van der Waals surface area contributed by atoms with Gasteiger partial charge in [-0.05, 0) is 24.0 Å². The summed E-state index contributed by atoms with van der Waals surface area (Å²) in [5, 5.41) is 9.21. The third kappa shape index (κ3) is 4.60. The second kappa shape index (κ2) is 8.47. The van der Waals surface area contributed by atoms with Crippen LogP contribution in [0.25, 0.3) is 0 Å². The molecule has 0 fully saturated rings. The van der Waals surface area contributed by atoms with Gasteiger partial charge in [0.05, 0.1) is 23.4 Å². The summed E-state index contributed by atoms with van der Waals surface area (Å²) in [6, 6.07) is 8.04. The summed E-state index contributed by atoms with van der Waals surface area (Å²) in [5.74, 6) is -1.17. The number of aliphatic carboxylic acids is 1. The van der Waals surface area contributed by atoms with Crippen LogP contribution in [0.2, 0.25) is 4.34 Å². The predicted octanol–water partition coefficient (Wildman–Crippen LogP) is 3.74. The van der Waals surface area contributed by atoms with Gasteiger partial charge in [0, 0.05) is 6.07 Å². The van der Waals surface area contributed by atoms with Gasteiger partial charge in [0.2, 0.25) is 0 Å². The fourth-order valence-electron chi connectivity index (χ4n) is 2.62. The quantitative estimate of drug-likeness (QED) is 0.680. The van der Waals surface area contributed by atoms with Gasteiger partial charge in [0.1, 0.15) is 10.6 Å². The largest absolute Gasteiger partial charge is 0.495 e. The minimum Gasteiger partial charge on any atom is -0.495 e. The van der Waals surface area contributed by atoms with Gasteiger partial charge in [-0.3, -0.25) is 9.59 Å². The Balaban J connectivity index is 2.11. The zero-order valence-corrected chi connectivity index (χ0v) is 15.6. The van der Waals surface area contributed by atoms with Gasteiger partial charge in [0.25, 0.3) is 0 Å². The minimum atomic E-state index is -0.844. The van der Waals surface area contributed by atoms with Gasteiger partial charge in [-0.1, -0.05) is 42.8 Å². The van der Waals surface area contributed by atoms with Crippen LogP contribution in [0.1, 0.15) is 40.1 Å². The first-order valence-electron chi connectivity index (χ1n) is 7.82. The smallest absolute Gasteiger partial charge is 0.310 e. The summed E-state index contributed by atoms with van der Waals surface area (Å²) in [7, 11) is 1.48. The fourth-order valence-corrected chi connectivity index (χ4v) is 3.81. The number of carbonyl (C=O) groups excluding carboxylic acids is 1. The van der Waals surface area contributed by atoms with E-state index < -0.39 is 17.9 Å². The maximum atomic E-state index is 12.5. The number of Topliss-reactive ketones (excluding diaryl/α,β-unsaturated/α-hetero) is 1. The van der Waals surface area contributed by atoms with E-state index in [0.717, 1.165) is 22.5 Å². The Labute approximate surface area is 155 Å². The molecule has 1 aromatic carbocycles. The molecule has 0 aliphatic rings. The topological polar surface area (TPSA) is 89.6 Å². The van der Waals surface area contributed by atoms with Crippen LogP contribution in [-0.4, -0.2) is 30.0 Å². The summed E-state index contributed by atoms with van der Waals surface area (Å²) >= 11 is 7.08. The molecule has 0 radical (unpaired) electrons. The Hall–Kier alpha value is -1.89. The zero-order chi connectivity index (χ0) is 18.6. The normalized spacial score (nSPS) is 13.3. The molecule has 0 aliphatic heterocycles. The third-order valence-corrected chi connectivity index (χ3v) is 5.25. The summed E-state index contributed by atoms with van der Waals surface area (Å²) in [6.07, 6.45) is 0.868. The lowest BCUT2D eigenvalue weighted by atomic mass is 9.94. The molecule has 5 nitrogen and oxygen atoms in total. The molecule has 134 valence electrons. The van der Waals surface area contributed by atoms with Crippen molar-refractivity contribution in [3.05, 3.63) is 50.7 Å². The van der Waals surface area contributed by atoms with Gasteiger partial charge in [0.15, 0.2) is 5.78 Å². The van der Waals surface area contributed by atoms with E-state index in [9.17, 15) is 14.7 Å². The molecule has 3 N–H and O–H groups in total. The van der Waals surface area contributed by atoms with Crippen LogP contribution in [-0.2, 0) is 11.2 Å². The van der Waals surface area contributed by atoms with Crippen molar-refractivity contribution in [2.45, 2.75) is 31.7 Å². The lowest BCUT2D eigenvalue weighted by Gasteiger charge is -2.13. The zero-order valence-electron chi connectivity index (χ0n) is 14.0. The summed E-state index contributed by atoms with van der Waals surface area (Å²) in [6.45, 7) is 1.83. The number of carboxylic acid groups (broad SMARTS) is 1. The average Bonchev–Trinajstić information content (AvgIpc) is 2.96. The first-order chi connectivity index (χ1) is 11.9. The Bertz CT molecular complexity index is 757. The van der Waals surface area contributed by atoms with Crippen molar-refractivity contribution in [2.24, 2.45) is 5.73 Å². The van der Waals surface area contributed by atoms with Crippen molar-refractivity contribution in [2.75, 3.05) is 7.11 Å². The van der Waals surface area contributed by atoms with Crippen LogP contribution in [0.15, 0.2) is 30.3 Å². The van der Waals surface area contributed by atoms with Crippen LogP contribution in [0, 0.1) is 0 Å². The van der Waals surface area contributed by atoms with Gasteiger partial charge >= 0.3 is 5.97 Å². The average molecular weight is 382 g/mol. The van der Waals surface area contributed by atoms with E-state index in [-0.39, 0.29) is 5.78 Å². The van der Waals surface area contributed by atoms with Crippen LogP contribution in [0.4, 0.5) is 0 Å². The molecular formula is C18H20ClNO4S. The standard InChI is InChI=1S/C18H20ClNO4S/c1-3-12(18(22)23)11-6-4-10(5-7-11)8-13(20)16(21)17-14(24-2)9-15(19)25-17/h4-7,9,12-13H,3,8,20H2,1-2H3,(H,22,23). The van der Waals surface area contributed by atoms with E-state index in [0.29, 0.717) is 27.8 Å². The lowest BCUT2D eigenvalue weighted by Crippen LogP contribution is -2.32. The lowest BCUT2D eigenvalue weighted by molar-refractivity contribution is -0.138. The first-order valence-corrected chi connectivity index (χ1v) is 9.01. The Morgan fingerprint density at radius 1 is 1.32 bits per heavy atom. The van der Waals surface area contributed by atoms with Gasteiger partial charge < -0.3 is 15.6 Å². The maximum absolute atomic E-state index is 12.5. The van der Waals surface area contributed by atoms with Crippen molar-refractivity contribution in [3.63, 3.8) is 0 Å². The molecule has 1 aromatic heterocycles. The Morgan fingerprint density at radius 2 is 1.96 bits per heavy atom. The predicted molar refractivity (Wildman–Crippen MR) is 99.0 cm³/mol. The molecule has 0 saturated carbocycles. The van der Waals surface area contributed by atoms with Crippen LogP contribution in [0.3, 0.4) is 0 Å². The molecule has 0 aliphatic carbocycles. The van der Waals surface area contributed by atoms with Crippen molar-refractivity contribution >= 4 is 34.7 Å². The van der Waals surface area contributed by atoms with Gasteiger partial charge in [-0.25, -0.2) is 0 Å². The fraction of sp³-hybridized carbons (Fsp3) is 0.333. The number of carboxylic acids is 1. The number of ether oxygens (including phenoxy) is 1. The van der Waals surface area contributed by atoms with E-state index in [1.54, 1.807) is 18.2 Å². The minimum absolute atomic E-state index is 0.227. The highest BCUT2D eigenvalue weighted by Gasteiger charge is 2.23. The first kappa shape index (κ1) is 19.4. The molecule has 2 atom stereocenters. The summed E-state index contributed by atoms with van der Waals surface area (Å²) in [4.78, 5) is 24.1. The van der Waals surface area contributed by atoms with Gasteiger partial charge in [-0.2, -0.15) is 0 Å². The molecule has 1 heterocycles. The SMILES string of the molecule is CCC(C(=O)O)c1ccc(CC(N)C(=O)c2sc(Cl)cc2OC)cc1. The number of nitrogens with two attached hydrogens (primary N) is 1. The number of hydrogen-bond donors (Lipinski definition) is 2. The van der Waals surface area contributed by atoms with E-state index >= 15 is 0 Å². The molecule has 0 amide bonds. The highest BCUT2D eigenvalue weighted by atomic mass is 35.5. The molecule has 0 bridgehead atoms. The second-order valence-corrected chi connectivity index (χ2v) is 7.35. The second-order valence-electron chi connectivity index (χ2n) is 5.66. The van der Waals surface area contributed by atoms with Crippen molar-refractivity contribution in [1.82, 2.24) is 0 Å². The monoisotopic (exact) mass is 381 g/mol. The maximum Gasteiger partial charge on any atom is 0.310 e. The molecule has 0 saturated heterocycles. The third-order valence-electron chi connectivity index (χ3n) is 3.99. The number of carbonyl (C=O) groups is 2. The van der Waals surface area contributed by atoms with Crippen molar-refractivity contribution in [1.29, 1.82) is 0 Å². The van der Waals surface area contributed by atoms with Crippen LogP contribution in [0.5, 0.6) is 5.75 Å².